The molecule has 0 unspecified atom stereocenters. The first-order valence-electron chi connectivity index (χ1n) is 7.29. The molecule has 0 fully saturated rings. The molecule has 0 saturated heterocycles. The lowest BCUT2D eigenvalue weighted by molar-refractivity contribution is 0.547. The SMILES string of the molecule is CC(C)NCCCNCc1cnn(-c2ccccc2)c1. The molecule has 1 aromatic heterocycles. The van der Waals surface area contributed by atoms with Crippen LogP contribution >= 0.6 is 0 Å². The molecule has 0 bridgehead atoms. The van der Waals surface area contributed by atoms with Crippen LogP contribution in [0.15, 0.2) is 42.7 Å². The zero-order chi connectivity index (χ0) is 14.2. The van der Waals surface area contributed by atoms with Crippen molar-refractivity contribution in [2.45, 2.75) is 32.9 Å². The molecule has 2 N–H and O–H groups in total. The van der Waals surface area contributed by atoms with E-state index in [9.17, 15) is 0 Å². The van der Waals surface area contributed by atoms with Gasteiger partial charge in [-0.15, -0.1) is 0 Å². The third-order valence-electron chi connectivity index (χ3n) is 3.07. The van der Waals surface area contributed by atoms with E-state index < -0.39 is 0 Å². The molecule has 1 heterocycles. The molecule has 4 nitrogen and oxygen atoms in total. The molecule has 0 saturated carbocycles. The van der Waals surface area contributed by atoms with Gasteiger partial charge in [0.2, 0.25) is 0 Å². The van der Waals surface area contributed by atoms with Gasteiger partial charge in [-0.05, 0) is 31.6 Å². The minimum absolute atomic E-state index is 0.569. The van der Waals surface area contributed by atoms with Gasteiger partial charge in [-0.25, -0.2) is 4.68 Å². The Labute approximate surface area is 121 Å². The Kier molecular flexibility index (Phi) is 5.77. The first kappa shape index (κ1) is 14.8. The second-order valence-corrected chi connectivity index (χ2v) is 5.27. The lowest BCUT2D eigenvalue weighted by Gasteiger charge is -2.07. The molecule has 108 valence electrons. The lowest BCUT2D eigenvalue weighted by Crippen LogP contribution is -2.26. The topological polar surface area (TPSA) is 41.9 Å². The molecule has 0 spiro atoms. The van der Waals surface area contributed by atoms with E-state index in [1.165, 1.54) is 5.56 Å². The van der Waals surface area contributed by atoms with Crippen LogP contribution in [0.4, 0.5) is 0 Å². The van der Waals surface area contributed by atoms with E-state index in [0.717, 1.165) is 31.7 Å². The number of rotatable bonds is 8. The van der Waals surface area contributed by atoms with Gasteiger partial charge in [-0.2, -0.15) is 5.10 Å². The van der Waals surface area contributed by atoms with Gasteiger partial charge in [0.25, 0.3) is 0 Å². The van der Waals surface area contributed by atoms with Crippen molar-refractivity contribution in [2.24, 2.45) is 0 Å². The van der Waals surface area contributed by atoms with E-state index >= 15 is 0 Å². The monoisotopic (exact) mass is 272 g/mol. The third-order valence-corrected chi connectivity index (χ3v) is 3.07. The van der Waals surface area contributed by atoms with Crippen LogP contribution in [0.1, 0.15) is 25.8 Å². The first-order valence-corrected chi connectivity index (χ1v) is 7.29. The minimum Gasteiger partial charge on any atom is -0.314 e. The fourth-order valence-corrected chi connectivity index (χ4v) is 2.01. The highest BCUT2D eigenvalue weighted by atomic mass is 15.3. The summed E-state index contributed by atoms with van der Waals surface area (Å²) >= 11 is 0. The maximum absolute atomic E-state index is 4.39. The number of aromatic nitrogens is 2. The van der Waals surface area contributed by atoms with Crippen molar-refractivity contribution >= 4 is 0 Å². The number of benzene rings is 1. The standard InChI is InChI=1S/C16H24N4/c1-14(2)18-10-6-9-17-11-15-12-19-20(13-15)16-7-4-3-5-8-16/h3-5,7-8,12-14,17-18H,6,9-11H2,1-2H3. The second kappa shape index (κ2) is 7.82. The Morgan fingerprint density at radius 3 is 2.70 bits per heavy atom. The Hall–Kier alpha value is -1.65. The second-order valence-electron chi connectivity index (χ2n) is 5.27. The number of hydrogen-bond acceptors (Lipinski definition) is 3. The van der Waals surface area contributed by atoms with E-state index in [4.69, 9.17) is 0 Å². The van der Waals surface area contributed by atoms with Gasteiger partial charge in [0.05, 0.1) is 11.9 Å². The van der Waals surface area contributed by atoms with Crippen molar-refractivity contribution in [1.82, 2.24) is 20.4 Å². The maximum Gasteiger partial charge on any atom is 0.0645 e. The van der Waals surface area contributed by atoms with Gasteiger partial charge in [0.15, 0.2) is 0 Å². The summed E-state index contributed by atoms with van der Waals surface area (Å²) in [6.45, 7) is 7.30. The summed E-state index contributed by atoms with van der Waals surface area (Å²) in [6.07, 6.45) is 5.14. The van der Waals surface area contributed by atoms with E-state index in [1.807, 2.05) is 29.1 Å². The van der Waals surface area contributed by atoms with Gasteiger partial charge >= 0.3 is 0 Å². The fraction of sp³-hybridized carbons (Fsp3) is 0.438. The fourth-order valence-electron chi connectivity index (χ4n) is 2.01. The Morgan fingerprint density at radius 1 is 1.15 bits per heavy atom. The number of nitrogens with one attached hydrogen (secondary N) is 2. The van der Waals surface area contributed by atoms with E-state index in [-0.39, 0.29) is 0 Å². The van der Waals surface area contributed by atoms with Crippen molar-refractivity contribution < 1.29 is 0 Å². The Balaban J connectivity index is 1.71. The first-order chi connectivity index (χ1) is 9.75. The Morgan fingerprint density at radius 2 is 1.95 bits per heavy atom. The molecule has 0 radical (unpaired) electrons. The smallest absolute Gasteiger partial charge is 0.0645 e. The third kappa shape index (κ3) is 4.79. The highest BCUT2D eigenvalue weighted by Gasteiger charge is 2.00. The van der Waals surface area contributed by atoms with Crippen LogP contribution in [0, 0.1) is 0 Å². The number of hydrogen-bond donors (Lipinski definition) is 2. The molecule has 0 atom stereocenters. The van der Waals surface area contributed by atoms with Crippen LogP contribution in [0.2, 0.25) is 0 Å². The number of para-hydroxylation sites is 1. The van der Waals surface area contributed by atoms with Gasteiger partial charge < -0.3 is 10.6 Å². The molecule has 0 amide bonds. The van der Waals surface area contributed by atoms with E-state index in [1.54, 1.807) is 0 Å². The van der Waals surface area contributed by atoms with E-state index in [0.29, 0.717) is 6.04 Å². The quantitative estimate of drug-likeness (QED) is 0.725. The molecule has 4 heteroatoms. The molecule has 2 aromatic rings. The summed E-state index contributed by atoms with van der Waals surface area (Å²) in [5.74, 6) is 0. The van der Waals surface area contributed by atoms with E-state index in [2.05, 4.69) is 47.9 Å². The van der Waals surface area contributed by atoms with Crippen LogP contribution in [0.25, 0.3) is 5.69 Å². The number of nitrogens with zero attached hydrogens (tertiary/aromatic N) is 2. The molecule has 1 aromatic carbocycles. The van der Waals surface area contributed by atoms with Crippen molar-refractivity contribution in [3.05, 3.63) is 48.3 Å². The zero-order valence-corrected chi connectivity index (χ0v) is 12.3. The average molecular weight is 272 g/mol. The van der Waals surface area contributed by atoms with Gasteiger partial charge in [0.1, 0.15) is 0 Å². The largest absolute Gasteiger partial charge is 0.314 e. The summed E-state index contributed by atoms with van der Waals surface area (Å²) in [5, 5.41) is 11.2. The highest BCUT2D eigenvalue weighted by molar-refractivity contribution is 5.30. The molecular weight excluding hydrogens is 248 g/mol. The van der Waals surface area contributed by atoms with Crippen molar-refractivity contribution in [3.8, 4) is 5.69 Å². The van der Waals surface area contributed by atoms with Crippen LogP contribution < -0.4 is 10.6 Å². The Bertz CT molecular complexity index is 490. The zero-order valence-electron chi connectivity index (χ0n) is 12.3. The average Bonchev–Trinajstić information content (AvgIpc) is 2.92. The van der Waals surface area contributed by atoms with Crippen LogP contribution in [0.3, 0.4) is 0 Å². The summed E-state index contributed by atoms with van der Waals surface area (Å²) in [4.78, 5) is 0. The minimum atomic E-state index is 0.569. The molecule has 2 rings (SSSR count). The van der Waals surface area contributed by atoms with Crippen molar-refractivity contribution in [1.29, 1.82) is 0 Å². The molecular formula is C16H24N4. The maximum atomic E-state index is 4.39. The predicted octanol–water partition coefficient (Wildman–Crippen LogP) is 2.35. The van der Waals surface area contributed by atoms with Crippen molar-refractivity contribution in [2.75, 3.05) is 13.1 Å². The normalized spacial score (nSPS) is 11.2. The molecule has 20 heavy (non-hydrogen) atoms. The van der Waals surface area contributed by atoms with Gasteiger partial charge in [0, 0.05) is 24.3 Å². The van der Waals surface area contributed by atoms with Crippen LogP contribution in [-0.2, 0) is 6.54 Å². The van der Waals surface area contributed by atoms with Crippen molar-refractivity contribution in [3.63, 3.8) is 0 Å². The lowest BCUT2D eigenvalue weighted by atomic mass is 10.3. The van der Waals surface area contributed by atoms with Crippen LogP contribution in [-0.4, -0.2) is 28.9 Å². The van der Waals surface area contributed by atoms with Gasteiger partial charge in [-0.3, -0.25) is 0 Å². The molecule has 0 aliphatic rings. The summed E-state index contributed by atoms with van der Waals surface area (Å²) in [7, 11) is 0. The summed E-state index contributed by atoms with van der Waals surface area (Å²) in [6, 6.07) is 10.7. The van der Waals surface area contributed by atoms with Gasteiger partial charge in [-0.1, -0.05) is 32.0 Å². The highest BCUT2D eigenvalue weighted by Crippen LogP contribution is 2.07. The summed E-state index contributed by atoms with van der Waals surface area (Å²) in [5.41, 5.74) is 2.31. The molecule has 0 aliphatic carbocycles. The van der Waals surface area contributed by atoms with Crippen LogP contribution in [0.5, 0.6) is 0 Å². The molecule has 0 aliphatic heterocycles. The predicted molar refractivity (Wildman–Crippen MR) is 83.0 cm³/mol. The summed E-state index contributed by atoms with van der Waals surface area (Å²) < 4.78 is 1.91.